The molecule has 4 rings (SSSR count). The fourth-order valence-corrected chi connectivity index (χ4v) is 9.61. The third-order valence-corrected chi connectivity index (χ3v) is 11.1. The first-order valence-electron chi connectivity index (χ1n) is 15.4. The van der Waals surface area contributed by atoms with E-state index in [9.17, 15) is 19.5 Å². The first-order chi connectivity index (χ1) is 20.3. The summed E-state index contributed by atoms with van der Waals surface area (Å²) in [6.45, 7) is 16.3. The van der Waals surface area contributed by atoms with Crippen molar-refractivity contribution in [2.45, 2.75) is 68.9 Å². The monoisotopic (exact) mass is 597 g/mol. The third-order valence-electron chi connectivity index (χ3n) is 9.05. The van der Waals surface area contributed by atoms with Crippen LogP contribution in [0.1, 0.15) is 52.9 Å². The molecule has 42 heavy (non-hydrogen) atoms. The van der Waals surface area contributed by atoms with Gasteiger partial charge in [0.1, 0.15) is 11.8 Å². The van der Waals surface area contributed by atoms with E-state index in [0.717, 1.165) is 30.7 Å². The van der Waals surface area contributed by atoms with Crippen molar-refractivity contribution in [3.63, 3.8) is 0 Å². The summed E-state index contributed by atoms with van der Waals surface area (Å²) in [6, 6.07) is 6.80. The van der Waals surface area contributed by atoms with Crippen LogP contribution < -0.4 is 9.64 Å². The van der Waals surface area contributed by atoms with Crippen molar-refractivity contribution in [3.8, 4) is 5.75 Å². The van der Waals surface area contributed by atoms with Crippen LogP contribution >= 0.6 is 11.8 Å². The van der Waals surface area contributed by atoms with Gasteiger partial charge in [-0.3, -0.25) is 14.4 Å². The number of likely N-dealkylation sites (tertiary alicyclic amines) is 1. The first-order valence-corrected chi connectivity index (χ1v) is 16.3. The zero-order valence-corrected chi connectivity index (χ0v) is 26.2. The average molecular weight is 598 g/mol. The van der Waals surface area contributed by atoms with Gasteiger partial charge in [-0.25, -0.2) is 0 Å². The molecule has 0 aromatic heterocycles. The molecule has 230 valence electrons. The minimum absolute atomic E-state index is 0.0290. The molecule has 0 radical (unpaired) electrons. The van der Waals surface area contributed by atoms with E-state index < -0.39 is 22.6 Å². The largest absolute Gasteiger partial charge is 0.494 e. The Bertz CT molecular complexity index is 1140. The molecule has 8 nitrogen and oxygen atoms in total. The molecule has 1 N–H and O–H groups in total. The van der Waals surface area contributed by atoms with Crippen molar-refractivity contribution in [2.75, 3.05) is 44.3 Å². The van der Waals surface area contributed by atoms with Gasteiger partial charge in [0.2, 0.25) is 17.7 Å². The Kier molecular flexibility index (Phi) is 10.8. The summed E-state index contributed by atoms with van der Waals surface area (Å²) in [5.74, 6) is -0.548. The summed E-state index contributed by atoms with van der Waals surface area (Å²) in [5.41, 5.74) is 0.729. The lowest BCUT2D eigenvalue weighted by atomic mass is 9.65. The lowest BCUT2D eigenvalue weighted by Crippen LogP contribution is -2.57. The molecule has 0 aliphatic carbocycles. The van der Waals surface area contributed by atoms with Gasteiger partial charge in [-0.2, -0.15) is 0 Å². The molecule has 1 aromatic rings. The van der Waals surface area contributed by atoms with Gasteiger partial charge in [0.15, 0.2) is 0 Å². The van der Waals surface area contributed by atoms with Crippen molar-refractivity contribution in [1.82, 2.24) is 9.80 Å². The van der Waals surface area contributed by atoms with E-state index in [4.69, 9.17) is 4.74 Å². The lowest BCUT2D eigenvalue weighted by Gasteiger charge is -2.41. The Balaban J connectivity index is 1.73. The Morgan fingerprint density at radius 2 is 1.83 bits per heavy atom. The summed E-state index contributed by atoms with van der Waals surface area (Å²) in [7, 11) is 0. The van der Waals surface area contributed by atoms with Gasteiger partial charge in [-0.15, -0.1) is 24.9 Å². The van der Waals surface area contributed by atoms with Crippen LogP contribution in [0.3, 0.4) is 0 Å². The second-order valence-corrected chi connectivity index (χ2v) is 13.2. The number of thioether (sulfide) groups is 1. The number of ether oxygens (including phenoxy) is 1. The summed E-state index contributed by atoms with van der Waals surface area (Å²) < 4.78 is 4.92. The molecule has 9 heteroatoms. The molecule has 1 spiro atoms. The van der Waals surface area contributed by atoms with E-state index in [2.05, 4.69) is 27.0 Å². The van der Waals surface area contributed by atoms with Crippen LogP contribution in [0.25, 0.3) is 0 Å². The Hall–Kier alpha value is -2.78. The molecular formula is C33H47N3O5S. The number of amides is 3. The van der Waals surface area contributed by atoms with Gasteiger partial charge in [-0.05, 0) is 62.8 Å². The number of benzene rings is 1. The first kappa shape index (κ1) is 32.1. The SMILES string of the molecule is C=CCN(CCCC)C(=O)C1N(CCCCO)C(=O)[C@@H]2[C@@H](C(=O)N(CC=C)c3ccc(OCC)cc3)[C@H]3CC(C)C12S3. The van der Waals surface area contributed by atoms with Crippen LogP contribution in [0, 0.1) is 17.8 Å². The van der Waals surface area contributed by atoms with Gasteiger partial charge >= 0.3 is 0 Å². The second-order valence-electron chi connectivity index (χ2n) is 11.6. The third kappa shape index (κ3) is 5.74. The number of hydrogen-bond donors (Lipinski definition) is 1. The fourth-order valence-electron chi connectivity index (χ4n) is 7.21. The average Bonchev–Trinajstić information content (AvgIpc) is 3.57. The maximum absolute atomic E-state index is 14.5. The molecule has 3 saturated heterocycles. The number of aliphatic hydroxyl groups excluding tert-OH is 1. The molecule has 1 aromatic carbocycles. The van der Waals surface area contributed by atoms with E-state index in [-0.39, 0.29) is 35.5 Å². The fraction of sp³-hybridized carbons (Fsp3) is 0.606. The van der Waals surface area contributed by atoms with Crippen LogP contribution in [-0.2, 0) is 14.4 Å². The molecule has 2 bridgehead atoms. The van der Waals surface area contributed by atoms with E-state index in [1.165, 1.54) is 0 Å². The van der Waals surface area contributed by atoms with Crippen LogP contribution in [0.5, 0.6) is 5.75 Å². The highest BCUT2D eigenvalue weighted by atomic mass is 32.2. The van der Waals surface area contributed by atoms with Crippen molar-refractivity contribution in [3.05, 3.63) is 49.6 Å². The van der Waals surface area contributed by atoms with Crippen LogP contribution in [-0.4, -0.2) is 88.1 Å². The van der Waals surface area contributed by atoms with E-state index in [0.29, 0.717) is 45.6 Å². The molecule has 3 fully saturated rings. The van der Waals surface area contributed by atoms with E-state index >= 15 is 0 Å². The van der Waals surface area contributed by atoms with Crippen LogP contribution in [0.4, 0.5) is 5.69 Å². The Morgan fingerprint density at radius 1 is 1.12 bits per heavy atom. The number of aliphatic hydroxyl groups is 1. The van der Waals surface area contributed by atoms with Crippen LogP contribution in [0.2, 0.25) is 0 Å². The number of hydrogen-bond acceptors (Lipinski definition) is 6. The highest BCUT2D eigenvalue weighted by Crippen LogP contribution is 2.69. The number of fused-ring (bicyclic) bond motifs is 1. The highest BCUT2D eigenvalue weighted by Gasteiger charge is 2.76. The van der Waals surface area contributed by atoms with E-state index in [1.54, 1.807) is 33.7 Å². The summed E-state index contributed by atoms with van der Waals surface area (Å²) in [6.07, 6.45) is 7.20. The van der Waals surface area contributed by atoms with Gasteiger partial charge in [0.25, 0.3) is 0 Å². The number of carbonyl (C=O) groups excluding carboxylic acids is 3. The maximum atomic E-state index is 14.5. The molecule has 3 heterocycles. The maximum Gasteiger partial charge on any atom is 0.247 e. The summed E-state index contributed by atoms with van der Waals surface area (Å²) in [4.78, 5) is 48.6. The van der Waals surface area contributed by atoms with Gasteiger partial charge in [-0.1, -0.05) is 32.4 Å². The molecule has 3 aliphatic heterocycles. The zero-order valence-electron chi connectivity index (χ0n) is 25.4. The van der Waals surface area contributed by atoms with Gasteiger partial charge in [0.05, 0.1) is 23.2 Å². The number of anilines is 1. The van der Waals surface area contributed by atoms with Gasteiger partial charge in [0, 0.05) is 43.7 Å². The van der Waals surface area contributed by atoms with Crippen LogP contribution in [0.15, 0.2) is 49.6 Å². The predicted molar refractivity (Wildman–Crippen MR) is 169 cm³/mol. The standard InChI is InChI=1S/C33H47N3O5S/c1-6-10-19-34(17-7-2)32(40)29-33-23(5)22-26(42-33)27(28(33)31(39)36(29)20-11-12-21-37)30(38)35(18-8-3)24-13-15-25(16-14-24)41-9-4/h7-8,13-16,23,26-29,37H,2-3,6,9-12,17-22H2,1,4-5H3/t23?,26-,27+,28+,29?,33?/m1/s1. The number of rotatable bonds is 16. The minimum atomic E-state index is -0.678. The summed E-state index contributed by atoms with van der Waals surface area (Å²) >= 11 is 1.70. The highest BCUT2D eigenvalue weighted by molar-refractivity contribution is 8.02. The molecular weight excluding hydrogens is 550 g/mol. The smallest absolute Gasteiger partial charge is 0.247 e. The number of carbonyl (C=O) groups is 3. The number of nitrogens with zero attached hydrogens (tertiary/aromatic N) is 3. The predicted octanol–water partition coefficient (Wildman–Crippen LogP) is 4.53. The zero-order chi connectivity index (χ0) is 30.4. The Morgan fingerprint density at radius 3 is 2.45 bits per heavy atom. The van der Waals surface area contributed by atoms with Gasteiger partial charge < -0.3 is 24.5 Å². The molecule has 3 amide bonds. The molecule has 3 aliphatic rings. The normalized spacial score (nSPS) is 27.6. The summed E-state index contributed by atoms with van der Waals surface area (Å²) in [5, 5.41) is 9.42. The number of unbranched alkanes of at least 4 members (excludes halogenated alkanes) is 2. The molecule has 0 saturated carbocycles. The minimum Gasteiger partial charge on any atom is -0.494 e. The van der Waals surface area contributed by atoms with Crippen molar-refractivity contribution in [1.29, 1.82) is 0 Å². The van der Waals surface area contributed by atoms with Crippen molar-refractivity contribution in [2.24, 2.45) is 17.8 Å². The lowest BCUT2D eigenvalue weighted by molar-refractivity contribution is -0.142. The quantitative estimate of drug-likeness (QED) is 0.223. The molecule has 6 atom stereocenters. The topological polar surface area (TPSA) is 90.4 Å². The van der Waals surface area contributed by atoms with E-state index in [1.807, 2.05) is 36.1 Å². The molecule has 3 unspecified atom stereocenters. The second kappa shape index (κ2) is 14.1. The Labute approximate surface area is 255 Å². The van der Waals surface area contributed by atoms with Crippen molar-refractivity contribution >= 4 is 35.2 Å². The van der Waals surface area contributed by atoms with Crippen molar-refractivity contribution < 1.29 is 24.2 Å².